The SMILES string of the molecule is CC(C)c1cc(C(=O)N2CCC2)c2cnn(C(C)C)c2n1. The summed E-state index contributed by atoms with van der Waals surface area (Å²) in [6.07, 6.45) is 2.88. The Balaban J connectivity index is 2.19. The fourth-order valence-electron chi connectivity index (χ4n) is 2.58. The van der Waals surface area contributed by atoms with Gasteiger partial charge in [-0.3, -0.25) is 4.79 Å². The lowest BCUT2D eigenvalue weighted by Crippen LogP contribution is -2.42. The molecule has 1 saturated heterocycles. The van der Waals surface area contributed by atoms with Gasteiger partial charge in [0.2, 0.25) is 0 Å². The van der Waals surface area contributed by atoms with Crippen molar-refractivity contribution < 1.29 is 4.79 Å². The third kappa shape index (κ3) is 2.30. The molecule has 0 aliphatic carbocycles. The fourth-order valence-corrected chi connectivity index (χ4v) is 2.58. The highest BCUT2D eigenvalue weighted by atomic mass is 16.2. The second-order valence-electron chi connectivity index (χ2n) is 6.32. The molecule has 0 N–H and O–H groups in total. The number of aromatic nitrogens is 3. The summed E-state index contributed by atoms with van der Waals surface area (Å²) in [5.41, 5.74) is 2.52. The summed E-state index contributed by atoms with van der Waals surface area (Å²) in [4.78, 5) is 19.3. The first-order valence-corrected chi connectivity index (χ1v) is 7.66. The molecule has 3 heterocycles. The summed E-state index contributed by atoms with van der Waals surface area (Å²) in [6.45, 7) is 10.1. The Kier molecular flexibility index (Phi) is 3.43. The second-order valence-corrected chi connectivity index (χ2v) is 6.32. The van der Waals surface area contributed by atoms with Crippen LogP contribution in [0.4, 0.5) is 0 Å². The number of nitrogens with zero attached hydrogens (tertiary/aromatic N) is 4. The van der Waals surface area contributed by atoms with E-state index in [2.05, 4.69) is 32.8 Å². The van der Waals surface area contributed by atoms with Crippen LogP contribution in [0.1, 0.15) is 62.1 Å². The molecule has 1 amide bonds. The van der Waals surface area contributed by atoms with Crippen molar-refractivity contribution in [2.24, 2.45) is 0 Å². The zero-order valence-electron chi connectivity index (χ0n) is 13.1. The summed E-state index contributed by atoms with van der Waals surface area (Å²) >= 11 is 0. The predicted molar refractivity (Wildman–Crippen MR) is 82.5 cm³/mol. The molecule has 0 bridgehead atoms. The van der Waals surface area contributed by atoms with E-state index in [0.717, 1.165) is 41.8 Å². The van der Waals surface area contributed by atoms with E-state index in [1.807, 2.05) is 15.6 Å². The number of hydrogen-bond donors (Lipinski definition) is 0. The number of hydrogen-bond acceptors (Lipinski definition) is 3. The Morgan fingerprint density at radius 3 is 2.48 bits per heavy atom. The van der Waals surface area contributed by atoms with Crippen LogP contribution >= 0.6 is 0 Å². The molecule has 0 saturated carbocycles. The topological polar surface area (TPSA) is 51.0 Å². The lowest BCUT2D eigenvalue weighted by molar-refractivity contribution is 0.0653. The van der Waals surface area contributed by atoms with Gasteiger partial charge < -0.3 is 4.90 Å². The number of carbonyl (C=O) groups is 1. The Hall–Kier alpha value is -1.91. The van der Waals surface area contributed by atoms with Crippen LogP contribution in [-0.2, 0) is 0 Å². The van der Waals surface area contributed by atoms with Crippen LogP contribution in [0, 0.1) is 0 Å². The van der Waals surface area contributed by atoms with Crippen molar-refractivity contribution in [3.05, 3.63) is 23.5 Å². The molecular weight excluding hydrogens is 264 g/mol. The number of rotatable bonds is 3. The van der Waals surface area contributed by atoms with Gasteiger partial charge in [-0.05, 0) is 32.3 Å². The number of amides is 1. The quantitative estimate of drug-likeness (QED) is 0.871. The average Bonchev–Trinajstić information content (AvgIpc) is 2.78. The summed E-state index contributed by atoms with van der Waals surface area (Å²) in [5, 5.41) is 5.29. The van der Waals surface area contributed by atoms with Crippen molar-refractivity contribution in [1.29, 1.82) is 0 Å². The van der Waals surface area contributed by atoms with Gasteiger partial charge in [0.15, 0.2) is 5.65 Å². The number of pyridine rings is 1. The number of likely N-dealkylation sites (tertiary alicyclic amines) is 1. The van der Waals surface area contributed by atoms with E-state index in [9.17, 15) is 4.79 Å². The predicted octanol–water partition coefficient (Wildman–Crippen LogP) is 2.98. The molecule has 0 atom stereocenters. The first-order chi connectivity index (χ1) is 9.99. The van der Waals surface area contributed by atoms with Gasteiger partial charge in [-0.1, -0.05) is 13.8 Å². The van der Waals surface area contributed by atoms with Crippen molar-refractivity contribution in [3.8, 4) is 0 Å². The highest BCUT2D eigenvalue weighted by Gasteiger charge is 2.25. The minimum Gasteiger partial charge on any atom is -0.338 e. The van der Waals surface area contributed by atoms with Crippen LogP contribution in [0.2, 0.25) is 0 Å². The van der Waals surface area contributed by atoms with E-state index < -0.39 is 0 Å². The van der Waals surface area contributed by atoms with Crippen LogP contribution in [0.5, 0.6) is 0 Å². The zero-order valence-corrected chi connectivity index (χ0v) is 13.1. The summed E-state index contributed by atoms with van der Waals surface area (Å²) in [7, 11) is 0. The highest BCUT2D eigenvalue weighted by molar-refractivity contribution is 6.05. The van der Waals surface area contributed by atoms with Gasteiger partial charge in [0.1, 0.15) is 0 Å². The smallest absolute Gasteiger partial charge is 0.254 e. The minimum absolute atomic E-state index is 0.110. The molecule has 0 unspecified atom stereocenters. The molecule has 1 fully saturated rings. The Bertz CT molecular complexity index is 683. The maximum Gasteiger partial charge on any atom is 0.254 e. The molecule has 1 aliphatic rings. The summed E-state index contributed by atoms with van der Waals surface area (Å²) in [6, 6.07) is 2.17. The first-order valence-electron chi connectivity index (χ1n) is 7.66. The molecule has 2 aromatic rings. The van der Waals surface area contributed by atoms with E-state index in [-0.39, 0.29) is 17.9 Å². The van der Waals surface area contributed by atoms with Crippen molar-refractivity contribution in [3.63, 3.8) is 0 Å². The van der Waals surface area contributed by atoms with Crippen molar-refractivity contribution >= 4 is 16.9 Å². The Labute approximate surface area is 125 Å². The highest BCUT2D eigenvalue weighted by Crippen LogP contribution is 2.26. The van der Waals surface area contributed by atoms with Gasteiger partial charge in [-0.25, -0.2) is 9.67 Å². The molecule has 1 aliphatic heterocycles. The van der Waals surface area contributed by atoms with Crippen LogP contribution < -0.4 is 0 Å². The molecule has 0 radical (unpaired) electrons. The number of carbonyl (C=O) groups excluding carboxylic acids is 1. The van der Waals surface area contributed by atoms with Crippen LogP contribution in [0.25, 0.3) is 11.0 Å². The Morgan fingerprint density at radius 1 is 1.24 bits per heavy atom. The van der Waals surface area contributed by atoms with Gasteiger partial charge >= 0.3 is 0 Å². The third-order valence-corrected chi connectivity index (χ3v) is 4.04. The Morgan fingerprint density at radius 2 is 1.95 bits per heavy atom. The normalized spacial score (nSPS) is 15.0. The molecule has 3 rings (SSSR count). The average molecular weight is 286 g/mol. The fraction of sp³-hybridized carbons (Fsp3) is 0.562. The van der Waals surface area contributed by atoms with Crippen LogP contribution in [0.15, 0.2) is 12.3 Å². The standard InChI is InChI=1S/C16H22N4O/c1-10(2)14-8-12(16(21)19-6-5-7-19)13-9-17-20(11(3)4)15(13)18-14/h8-11H,5-7H2,1-4H3. The molecular formula is C16H22N4O. The second kappa shape index (κ2) is 5.13. The van der Waals surface area contributed by atoms with Crippen molar-refractivity contribution in [1.82, 2.24) is 19.7 Å². The zero-order chi connectivity index (χ0) is 15.1. The van der Waals surface area contributed by atoms with Crippen molar-refractivity contribution in [2.45, 2.75) is 46.1 Å². The lowest BCUT2D eigenvalue weighted by atomic mass is 10.0. The molecule has 112 valence electrons. The van der Waals surface area contributed by atoms with E-state index in [1.54, 1.807) is 6.20 Å². The van der Waals surface area contributed by atoms with Crippen molar-refractivity contribution in [2.75, 3.05) is 13.1 Å². The molecule has 5 heteroatoms. The van der Waals surface area contributed by atoms with Gasteiger partial charge in [-0.2, -0.15) is 5.10 Å². The first kappa shape index (κ1) is 14.0. The van der Waals surface area contributed by atoms with E-state index in [0.29, 0.717) is 0 Å². The maximum atomic E-state index is 12.7. The monoisotopic (exact) mass is 286 g/mol. The number of fused-ring (bicyclic) bond motifs is 1. The molecule has 2 aromatic heterocycles. The largest absolute Gasteiger partial charge is 0.338 e. The van der Waals surface area contributed by atoms with Gasteiger partial charge in [-0.15, -0.1) is 0 Å². The molecule has 0 spiro atoms. The van der Waals surface area contributed by atoms with Gasteiger partial charge in [0.25, 0.3) is 5.91 Å². The van der Waals surface area contributed by atoms with Crippen LogP contribution in [0.3, 0.4) is 0 Å². The minimum atomic E-state index is 0.110. The molecule has 21 heavy (non-hydrogen) atoms. The summed E-state index contributed by atoms with van der Waals surface area (Å²) < 4.78 is 1.90. The van der Waals surface area contributed by atoms with Gasteiger partial charge in [0, 0.05) is 24.8 Å². The maximum absolute atomic E-state index is 12.7. The van der Waals surface area contributed by atoms with E-state index >= 15 is 0 Å². The lowest BCUT2D eigenvalue weighted by Gasteiger charge is -2.31. The van der Waals surface area contributed by atoms with Gasteiger partial charge in [0.05, 0.1) is 17.1 Å². The van der Waals surface area contributed by atoms with E-state index in [4.69, 9.17) is 4.98 Å². The van der Waals surface area contributed by atoms with Crippen LogP contribution in [-0.4, -0.2) is 38.7 Å². The van der Waals surface area contributed by atoms with E-state index in [1.165, 1.54) is 0 Å². The molecule has 0 aromatic carbocycles. The third-order valence-electron chi connectivity index (χ3n) is 4.04. The molecule has 5 nitrogen and oxygen atoms in total. The summed E-state index contributed by atoms with van der Waals surface area (Å²) in [5.74, 6) is 0.395.